The van der Waals surface area contributed by atoms with Crippen molar-refractivity contribution in [3.8, 4) is 17.0 Å². The lowest BCUT2D eigenvalue weighted by Gasteiger charge is -2.09. The summed E-state index contributed by atoms with van der Waals surface area (Å²) in [4.78, 5) is 17.7. The van der Waals surface area contributed by atoms with E-state index >= 15 is 0 Å². The fourth-order valence-corrected chi connectivity index (χ4v) is 3.35. The normalized spacial score (nSPS) is 11.0. The van der Waals surface area contributed by atoms with Crippen LogP contribution in [0.1, 0.15) is 21.5 Å². The van der Waals surface area contributed by atoms with E-state index in [0.29, 0.717) is 12.0 Å². The Morgan fingerprint density at radius 2 is 1.81 bits per heavy atom. The summed E-state index contributed by atoms with van der Waals surface area (Å²) in [7, 11) is 0. The van der Waals surface area contributed by atoms with Gasteiger partial charge in [-0.25, -0.2) is 10.4 Å². The largest absolute Gasteiger partial charge is 0.508 e. The maximum Gasteiger partial charge on any atom is 0.272 e. The van der Waals surface area contributed by atoms with Gasteiger partial charge in [0.1, 0.15) is 5.75 Å². The van der Waals surface area contributed by atoms with Crippen molar-refractivity contribution in [3.05, 3.63) is 108 Å². The number of fused-ring (bicyclic) bond motifs is 1. The lowest BCUT2D eigenvalue weighted by molar-refractivity contribution is 0.0956. The van der Waals surface area contributed by atoms with Gasteiger partial charge in [0.05, 0.1) is 23.0 Å². The number of hydrogen-bond acceptors (Lipinski definition) is 4. The smallest absolute Gasteiger partial charge is 0.272 e. The number of amides is 1. The predicted molar refractivity (Wildman–Crippen MR) is 124 cm³/mol. The number of phenolic OH excluding ortho intramolecular Hbond substituents is 1. The molecule has 31 heavy (non-hydrogen) atoms. The van der Waals surface area contributed by atoms with E-state index in [9.17, 15) is 9.90 Å². The molecule has 0 radical (unpaired) electrons. The van der Waals surface area contributed by atoms with E-state index < -0.39 is 0 Å². The number of phenols is 1. The molecule has 1 aromatic heterocycles. The first-order chi connectivity index (χ1) is 15.2. The van der Waals surface area contributed by atoms with Crippen LogP contribution in [0.25, 0.3) is 22.2 Å². The number of pyridine rings is 1. The van der Waals surface area contributed by atoms with Gasteiger partial charge in [-0.05, 0) is 47.9 Å². The number of nitrogens with one attached hydrogen (secondary N) is 1. The van der Waals surface area contributed by atoms with Crippen LogP contribution in [0.2, 0.25) is 0 Å². The topological polar surface area (TPSA) is 74.6 Å². The van der Waals surface area contributed by atoms with Gasteiger partial charge < -0.3 is 5.11 Å². The van der Waals surface area contributed by atoms with Crippen molar-refractivity contribution in [2.45, 2.75) is 6.42 Å². The molecule has 152 valence electrons. The van der Waals surface area contributed by atoms with Gasteiger partial charge in [-0.3, -0.25) is 4.79 Å². The summed E-state index contributed by atoms with van der Waals surface area (Å²) < 4.78 is 0. The Morgan fingerprint density at radius 1 is 1.03 bits per heavy atom. The number of aromatic hydroxyl groups is 1. The van der Waals surface area contributed by atoms with Gasteiger partial charge in [-0.15, -0.1) is 6.58 Å². The van der Waals surface area contributed by atoms with Crippen LogP contribution in [0.4, 0.5) is 0 Å². The zero-order chi connectivity index (χ0) is 21.6. The van der Waals surface area contributed by atoms with E-state index in [2.05, 4.69) is 17.1 Å². The molecule has 1 heterocycles. The number of benzene rings is 3. The molecule has 1 amide bonds. The average Bonchev–Trinajstić information content (AvgIpc) is 2.81. The van der Waals surface area contributed by atoms with Gasteiger partial charge >= 0.3 is 0 Å². The zero-order valence-corrected chi connectivity index (χ0v) is 16.8. The number of hydrazone groups is 1. The van der Waals surface area contributed by atoms with Crippen LogP contribution in [-0.2, 0) is 6.42 Å². The fourth-order valence-electron chi connectivity index (χ4n) is 3.35. The minimum atomic E-state index is -0.322. The van der Waals surface area contributed by atoms with Crippen molar-refractivity contribution in [2.75, 3.05) is 0 Å². The maximum absolute atomic E-state index is 13.0. The maximum atomic E-state index is 13.0. The molecular formula is C26H21N3O2. The summed E-state index contributed by atoms with van der Waals surface area (Å²) in [6.45, 7) is 3.69. The summed E-state index contributed by atoms with van der Waals surface area (Å²) in [6.07, 6.45) is 3.81. The summed E-state index contributed by atoms with van der Waals surface area (Å²) in [5, 5.41) is 14.7. The molecule has 4 rings (SSSR count). The molecule has 0 aliphatic heterocycles. The van der Waals surface area contributed by atoms with Gasteiger partial charge in [-0.2, -0.15) is 5.10 Å². The van der Waals surface area contributed by atoms with Gasteiger partial charge in [0.2, 0.25) is 0 Å². The number of nitrogens with zero attached hydrogens (tertiary/aromatic N) is 2. The standard InChI is InChI=1S/C26H21N3O2/c1-2-8-20-15-18(13-14-25(20)30)17-27-29-26(31)22-16-24(19-9-4-3-5-10-19)28-23-12-7-6-11-21(22)23/h2-7,9-17,30H,1,8H2,(H,29,31)/b27-17+. The van der Waals surface area contributed by atoms with Gasteiger partial charge in [0.15, 0.2) is 0 Å². The van der Waals surface area contributed by atoms with Crippen molar-refractivity contribution in [2.24, 2.45) is 5.10 Å². The molecule has 5 nitrogen and oxygen atoms in total. The third-order valence-electron chi connectivity index (χ3n) is 4.88. The Morgan fingerprint density at radius 3 is 2.61 bits per heavy atom. The van der Waals surface area contributed by atoms with Crippen LogP contribution in [-0.4, -0.2) is 22.2 Å². The second kappa shape index (κ2) is 9.05. The Hall–Kier alpha value is -4.25. The Kier molecular flexibility index (Phi) is 5.85. The molecule has 0 aliphatic carbocycles. The number of allylic oxidation sites excluding steroid dienone is 1. The first kappa shape index (κ1) is 20.0. The Balaban J connectivity index is 1.62. The van der Waals surface area contributed by atoms with Crippen LogP contribution in [0.15, 0.2) is 96.6 Å². The Labute approximate surface area is 180 Å². The summed E-state index contributed by atoms with van der Waals surface area (Å²) in [5.41, 5.74) is 7.01. The highest BCUT2D eigenvalue weighted by atomic mass is 16.3. The SMILES string of the molecule is C=CCc1cc(/C=N/NC(=O)c2cc(-c3ccccc3)nc3ccccc23)ccc1O. The summed E-state index contributed by atoms with van der Waals surface area (Å²) in [6, 6.07) is 24.2. The van der Waals surface area contributed by atoms with Crippen LogP contribution in [0, 0.1) is 0 Å². The molecule has 0 fully saturated rings. The zero-order valence-electron chi connectivity index (χ0n) is 16.8. The highest BCUT2D eigenvalue weighted by Crippen LogP contribution is 2.25. The molecular weight excluding hydrogens is 386 g/mol. The quantitative estimate of drug-likeness (QED) is 0.265. The molecule has 0 unspecified atom stereocenters. The molecule has 0 bridgehead atoms. The van der Waals surface area contributed by atoms with Crippen LogP contribution in [0.5, 0.6) is 5.75 Å². The van der Waals surface area contributed by atoms with E-state index in [1.54, 1.807) is 30.5 Å². The third kappa shape index (κ3) is 4.51. The lowest BCUT2D eigenvalue weighted by Crippen LogP contribution is -2.18. The van der Waals surface area contributed by atoms with E-state index in [0.717, 1.165) is 33.3 Å². The van der Waals surface area contributed by atoms with Crippen molar-refractivity contribution >= 4 is 23.0 Å². The third-order valence-corrected chi connectivity index (χ3v) is 4.88. The number of para-hydroxylation sites is 1. The van der Waals surface area contributed by atoms with Crippen molar-refractivity contribution in [3.63, 3.8) is 0 Å². The number of carbonyl (C=O) groups is 1. The number of aromatic nitrogens is 1. The minimum absolute atomic E-state index is 0.206. The van der Waals surface area contributed by atoms with Gasteiger partial charge in [0, 0.05) is 10.9 Å². The molecule has 3 aromatic carbocycles. The second-order valence-electron chi connectivity index (χ2n) is 7.02. The number of carbonyl (C=O) groups excluding carboxylic acids is 1. The van der Waals surface area contributed by atoms with E-state index in [-0.39, 0.29) is 11.7 Å². The van der Waals surface area contributed by atoms with Crippen molar-refractivity contribution in [1.82, 2.24) is 10.4 Å². The first-order valence-corrected chi connectivity index (χ1v) is 9.87. The summed E-state index contributed by atoms with van der Waals surface area (Å²) >= 11 is 0. The number of hydrogen-bond donors (Lipinski definition) is 2. The molecule has 5 heteroatoms. The predicted octanol–water partition coefficient (Wildman–Crippen LogP) is 5.10. The molecule has 2 N–H and O–H groups in total. The van der Waals surface area contributed by atoms with Crippen molar-refractivity contribution < 1.29 is 9.90 Å². The van der Waals surface area contributed by atoms with Crippen LogP contribution < -0.4 is 5.43 Å². The average molecular weight is 407 g/mol. The molecule has 0 spiro atoms. The second-order valence-corrected chi connectivity index (χ2v) is 7.02. The molecule has 0 aliphatic rings. The van der Waals surface area contributed by atoms with Crippen LogP contribution in [0.3, 0.4) is 0 Å². The lowest BCUT2D eigenvalue weighted by atomic mass is 10.0. The van der Waals surface area contributed by atoms with Gasteiger partial charge in [-0.1, -0.05) is 54.6 Å². The minimum Gasteiger partial charge on any atom is -0.508 e. The van der Waals surface area contributed by atoms with Gasteiger partial charge in [0.25, 0.3) is 5.91 Å². The molecule has 0 saturated carbocycles. The highest BCUT2D eigenvalue weighted by Gasteiger charge is 2.13. The monoisotopic (exact) mass is 407 g/mol. The number of rotatable bonds is 6. The Bertz CT molecular complexity index is 1280. The fraction of sp³-hybridized carbons (Fsp3) is 0.0385. The van der Waals surface area contributed by atoms with Crippen LogP contribution >= 0.6 is 0 Å². The van der Waals surface area contributed by atoms with Crippen molar-refractivity contribution in [1.29, 1.82) is 0 Å². The molecule has 4 aromatic rings. The highest BCUT2D eigenvalue weighted by molar-refractivity contribution is 6.07. The van der Waals surface area contributed by atoms with E-state index in [4.69, 9.17) is 4.98 Å². The summed E-state index contributed by atoms with van der Waals surface area (Å²) in [5.74, 6) is -0.116. The molecule has 0 atom stereocenters. The molecule has 0 saturated heterocycles. The first-order valence-electron chi connectivity index (χ1n) is 9.87. The van der Waals surface area contributed by atoms with E-state index in [1.807, 2.05) is 60.7 Å². The van der Waals surface area contributed by atoms with E-state index in [1.165, 1.54) is 0 Å².